The largest absolute Gasteiger partial charge is 0.481 e. The molecule has 1 aliphatic rings. The van der Waals surface area contributed by atoms with E-state index in [0.29, 0.717) is 10.8 Å². The number of sulfonamides is 1. The lowest BCUT2D eigenvalue weighted by molar-refractivity contribution is 0.393. The molecule has 2 aromatic carbocycles. The molecule has 0 bridgehead atoms. The third kappa shape index (κ3) is 4.39. The van der Waals surface area contributed by atoms with Gasteiger partial charge in [0.2, 0.25) is 11.8 Å². The number of fused-ring (bicyclic) bond motifs is 1. The Morgan fingerprint density at radius 1 is 1.10 bits per heavy atom. The molecule has 4 rings (SSSR count). The number of nitrogens with zero attached hydrogens (tertiary/aromatic N) is 2. The van der Waals surface area contributed by atoms with E-state index in [4.69, 9.17) is 21.1 Å². The van der Waals surface area contributed by atoms with Gasteiger partial charge in [-0.15, -0.1) is 0 Å². The van der Waals surface area contributed by atoms with Crippen molar-refractivity contribution in [2.24, 2.45) is 4.99 Å². The number of anilines is 1. The van der Waals surface area contributed by atoms with Crippen LogP contribution in [0, 0.1) is 5.82 Å². The second-order valence-corrected chi connectivity index (χ2v) is 8.40. The van der Waals surface area contributed by atoms with Crippen molar-refractivity contribution in [2.75, 3.05) is 12.4 Å². The normalized spacial score (nSPS) is 15.5. The summed E-state index contributed by atoms with van der Waals surface area (Å²) in [4.78, 5) is 8.09. The Morgan fingerprint density at radius 2 is 1.87 bits per heavy atom. The van der Waals surface area contributed by atoms with Gasteiger partial charge < -0.3 is 14.8 Å². The van der Waals surface area contributed by atoms with Gasteiger partial charge in [-0.2, -0.15) is 0 Å². The van der Waals surface area contributed by atoms with E-state index >= 15 is 0 Å². The number of nitrogens with one attached hydrogen (secondary N) is 2. The first-order valence-corrected chi connectivity index (χ1v) is 10.8. The first-order chi connectivity index (χ1) is 14.9. The lowest BCUT2D eigenvalue weighted by Crippen LogP contribution is -2.40. The predicted molar refractivity (Wildman–Crippen MR) is 114 cm³/mol. The number of para-hydroxylation sites is 2. The minimum atomic E-state index is -3.94. The van der Waals surface area contributed by atoms with Gasteiger partial charge in [0.15, 0.2) is 5.75 Å². The molecule has 8 nitrogen and oxygen atoms in total. The number of benzene rings is 2. The molecule has 31 heavy (non-hydrogen) atoms. The van der Waals surface area contributed by atoms with Crippen molar-refractivity contribution in [1.29, 1.82) is 0 Å². The molecule has 0 saturated heterocycles. The number of ether oxygens (including phenoxy) is 2. The zero-order valence-electron chi connectivity index (χ0n) is 16.1. The molecule has 11 heteroatoms. The molecule has 1 aliphatic heterocycles. The van der Waals surface area contributed by atoms with Gasteiger partial charge in [0.25, 0.3) is 10.0 Å². The quantitative estimate of drug-likeness (QED) is 0.595. The van der Waals surface area contributed by atoms with Crippen molar-refractivity contribution in [2.45, 2.75) is 11.4 Å². The highest BCUT2D eigenvalue weighted by molar-refractivity contribution is 7.90. The van der Waals surface area contributed by atoms with Crippen LogP contribution in [0.15, 0.2) is 64.5 Å². The second-order valence-electron chi connectivity index (χ2n) is 6.34. The molecule has 0 radical (unpaired) electrons. The summed E-state index contributed by atoms with van der Waals surface area (Å²) in [5.41, 5.74) is 0.179. The van der Waals surface area contributed by atoms with Gasteiger partial charge in [-0.05, 0) is 30.3 Å². The molecule has 0 aliphatic carbocycles. The van der Waals surface area contributed by atoms with Crippen LogP contribution in [0.4, 0.5) is 10.1 Å². The van der Waals surface area contributed by atoms with Crippen LogP contribution in [0.2, 0.25) is 5.02 Å². The van der Waals surface area contributed by atoms with Gasteiger partial charge in [-0.1, -0.05) is 29.8 Å². The Hall–Kier alpha value is -3.37. The average Bonchev–Trinajstić information content (AvgIpc) is 2.75. The van der Waals surface area contributed by atoms with Crippen molar-refractivity contribution in [3.05, 3.63) is 71.1 Å². The Labute approximate surface area is 182 Å². The van der Waals surface area contributed by atoms with Gasteiger partial charge in [0.05, 0.1) is 18.7 Å². The fourth-order valence-corrected chi connectivity index (χ4v) is 4.16. The van der Waals surface area contributed by atoms with Gasteiger partial charge in [0, 0.05) is 6.07 Å². The topological polar surface area (TPSA) is 102 Å². The first-order valence-electron chi connectivity index (χ1n) is 8.96. The number of aliphatic imine (C=N–C) groups is 1. The summed E-state index contributed by atoms with van der Waals surface area (Å²) in [5.74, 6) is 0.110. The molecular formula is C20H16ClFN4O4S. The fourth-order valence-electron chi connectivity index (χ4n) is 2.83. The summed E-state index contributed by atoms with van der Waals surface area (Å²) in [5, 5.41) is 3.26. The van der Waals surface area contributed by atoms with Crippen molar-refractivity contribution < 1.29 is 22.3 Å². The molecule has 0 unspecified atom stereocenters. The first kappa shape index (κ1) is 20.9. The van der Waals surface area contributed by atoms with Crippen molar-refractivity contribution in [1.82, 2.24) is 9.71 Å². The van der Waals surface area contributed by atoms with Crippen LogP contribution in [0.25, 0.3) is 0 Å². The number of guanidine groups is 1. The molecule has 0 fully saturated rings. The number of hydrogen-bond donors (Lipinski definition) is 2. The second kappa shape index (κ2) is 8.40. The summed E-state index contributed by atoms with van der Waals surface area (Å²) in [6, 6.07) is 13.9. The van der Waals surface area contributed by atoms with E-state index in [-0.39, 0.29) is 40.4 Å². The average molecular weight is 463 g/mol. The van der Waals surface area contributed by atoms with Crippen LogP contribution >= 0.6 is 11.6 Å². The maximum Gasteiger partial charge on any atom is 0.266 e. The van der Waals surface area contributed by atoms with E-state index in [1.54, 1.807) is 36.4 Å². The summed E-state index contributed by atoms with van der Waals surface area (Å²) < 4.78 is 52.6. The van der Waals surface area contributed by atoms with Gasteiger partial charge in [-0.25, -0.2) is 27.5 Å². The summed E-state index contributed by atoms with van der Waals surface area (Å²) in [6.45, 7) is -0.225. The zero-order valence-corrected chi connectivity index (χ0v) is 17.7. The van der Waals surface area contributed by atoms with E-state index in [9.17, 15) is 12.8 Å². The van der Waals surface area contributed by atoms with Crippen LogP contribution in [-0.2, 0) is 16.6 Å². The van der Waals surface area contributed by atoms with Crippen LogP contribution in [0.1, 0.15) is 5.69 Å². The molecule has 3 aromatic rings. The Balaban J connectivity index is 1.67. The number of halogens is 2. The summed E-state index contributed by atoms with van der Waals surface area (Å²) in [7, 11) is -2.53. The summed E-state index contributed by atoms with van der Waals surface area (Å²) >= 11 is 6.15. The number of aromatic nitrogens is 1. The Morgan fingerprint density at radius 3 is 2.65 bits per heavy atom. The van der Waals surface area contributed by atoms with E-state index in [1.165, 1.54) is 25.3 Å². The smallest absolute Gasteiger partial charge is 0.266 e. The van der Waals surface area contributed by atoms with Crippen LogP contribution < -0.4 is 19.5 Å². The zero-order chi connectivity index (χ0) is 22.0. The highest BCUT2D eigenvalue weighted by atomic mass is 35.5. The Kier molecular flexibility index (Phi) is 5.66. The minimum Gasteiger partial charge on any atom is -0.481 e. The van der Waals surface area contributed by atoms with Gasteiger partial charge in [-0.3, -0.25) is 0 Å². The van der Waals surface area contributed by atoms with Crippen molar-refractivity contribution in [3.63, 3.8) is 0 Å². The van der Waals surface area contributed by atoms with Gasteiger partial charge in [0.1, 0.15) is 27.8 Å². The third-order valence-corrected chi connectivity index (χ3v) is 5.99. The van der Waals surface area contributed by atoms with E-state index in [2.05, 4.69) is 20.0 Å². The Bertz CT molecular complexity index is 1280. The van der Waals surface area contributed by atoms with E-state index < -0.39 is 15.8 Å². The number of hydrogen-bond acceptors (Lipinski definition) is 6. The lowest BCUT2D eigenvalue weighted by atomic mass is 10.2. The highest BCUT2D eigenvalue weighted by Gasteiger charge is 2.29. The molecule has 0 spiro atoms. The molecule has 2 N–H and O–H groups in total. The SMILES string of the molecule is COc1ccc(F)c(CN=C2Nc3c(Oc4ccccc4Cl)cccc3S(=O)(=O)N2)n1. The van der Waals surface area contributed by atoms with E-state index in [0.717, 1.165) is 0 Å². The monoisotopic (exact) mass is 462 g/mol. The fraction of sp³-hybridized carbons (Fsp3) is 0.100. The molecule has 1 aromatic heterocycles. The molecular weight excluding hydrogens is 447 g/mol. The maximum absolute atomic E-state index is 14.0. The number of pyridine rings is 1. The van der Waals surface area contributed by atoms with Crippen molar-refractivity contribution >= 4 is 33.3 Å². The van der Waals surface area contributed by atoms with Crippen LogP contribution in [-0.4, -0.2) is 26.5 Å². The molecule has 0 saturated carbocycles. The molecule has 0 amide bonds. The number of methoxy groups -OCH3 is 1. The molecule has 0 atom stereocenters. The van der Waals surface area contributed by atoms with Gasteiger partial charge >= 0.3 is 0 Å². The lowest BCUT2D eigenvalue weighted by Gasteiger charge is -2.23. The van der Waals surface area contributed by atoms with Crippen LogP contribution in [0.5, 0.6) is 17.4 Å². The molecule has 160 valence electrons. The van der Waals surface area contributed by atoms with Crippen molar-refractivity contribution in [3.8, 4) is 17.4 Å². The van der Waals surface area contributed by atoms with E-state index in [1.807, 2.05) is 0 Å². The standard InChI is InChI=1S/C20H16ClFN4O4S/c1-29-18-10-9-13(22)14(24-18)11-23-20-25-19-16(30-15-6-3-2-5-12(15)21)7-4-8-17(19)31(27,28)26-20/h2-10H,11H2,1H3,(H2,23,25,26). The molecule has 2 heterocycles. The predicted octanol–water partition coefficient (Wildman–Crippen LogP) is 3.94. The maximum atomic E-state index is 14.0. The third-order valence-electron chi connectivity index (χ3n) is 4.30. The number of rotatable bonds is 5. The van der Waals surface area contributed by atoms with Crippen LogP contribution in [0.3, 0.4) is 0 Å². The summed E-state index contributed by atoms with van der Waals surface area (Å²) in [6.07, 6.45) is 0. The highest BCUT2D eigenvalue weighted by Crippen LogP contribution is 2.38. The minimum absolute atomic E-state index is 0.000697.